The van der Waals surface area contributed by atoms with E-state index in [1.165, 1.54) is 42.5 Å². The van der Waals surface area contributed by atoms with E-state index in [9.17, 15) is 23.1 Å². The second-order valence-corrected chi connectivity index (χ2v) is 10.2. The number of hydrogen-bond acceptors (Lipinski definition) is 6. The van der Waals surface area contributed by atoms with Crippen LogP contribution in [0, 0.1) is 5.41 Å². The number of benzene rings is 3. The summed E-state index contributed by atoms with van der Waals surface area (Å²) in [6.07, 6.45) is -0.285. The summed E-state index contributed by atoms with van der Waals surface area (Å²) in [6, 6.07) is 16.3. The smallest absolute Gasteiger partial charge is 0.304 e. The van der Waals surface area contributed by atoms with E-state index in [2.05, 4.69) is 4.72 Å². The molecule has 0 heterocycles. The van der Waals surface area contributed by atoms with E-state index in [1.807, 2.05) is 0 Å². The number of primary amides is 1. The molecule has 0 bridgehead atoms. The molecule has 1 atom stereocenters. The summed E-state index contributed by atoms with van der Waals surface area (Å²) in [5.74, 6) is 2.17. The topological polar surface area (TPSA) is 180 Å². The Balaban J connectivity index is 1.94. The molecular weight excluding hydrogens is 529 g/mol. The molecule has 0 spiro atoms. The molecule has 7 N–H and O–H groups in total. The Morgan fingerprint density at radius 2 is 1.64 bits per heavy atom. The number of amides is 1. The van der Waals surface area contributed by atoms with Gasteiger partial charge in [0.25, 0.3) is 15.9 Å². The van der Waals surface area contributed by atoms with Gasteiger partial charge in [-0.3, -0.25) is 24.7 Å². The Labute approximate surface area is 216 Å². The minimum atomic E-state index is -4.14. The number of sulfonamides is 1. The van der Waals surface area contributed by atoms with E-state index in [-0.39, 0.29) is 22.7 Å². The summed E-state index contributed by atoms with van der Waals surface area (Å²) in [4.78, 5) is 22.6. The molecule has 0 fully saturated rings. The van der Waals surface area contributed by atoms with E-state index in [1.54, 1.807) is 24.3 Å². The molecule has 1 amide bonds. The molecule has 13 heteroatoms. The Morgan fingerprint density at radius 3 is 2.25 bits per heavy atom. The van der Waals surface area contributed by atoms with Crippen molar-refractivity contribution < 1.29 is 23.1 Å². The normalized spacial score (nSPS) is 12.0. The molecular formula is C23H21Cl2N5O5S. The quantitative estimate of drug-likeness (QED) is 0.123. The molecule has 0 aliphatic heterocycles. The minimum absolute atomic E-state index is 0.0507. The molecule has 0 saturated heterocycles. The third-order valence-corrected chi connectivity index (χ3v) is 6.90. The zero-order valence-electron chi connectivity index (χ0n) is 18.5. The van der Waals surface area contributed by atoms with Crippen LogP contribution in [0.5, 0.6) is 0 Å². The van der Waals surface area contributed by atoms with Gasteiger partial charge in [0.2, 0.25) is 5.84 Å². The molecule has 0 radical (unpaired) electrons. The molecule has 3 aromatic rings. The van der Waals surface area contributed by atoms with Gasteiger partial charge in [-0.05, 0) is 59.7 Å². The van der Waals surface area contributed by atoms with Gasteiger partial charge in [-0.1, -0.05) is 41.4 Å². The first kappa shape index (κ1) is 27.0. The summed E-state index contributed by atoms with van der Waals surface area (Å²) in [5, 5.41) is 18.4. The largest absolute Gasteiger partial charge is 0.481 e. The van der Waals surface area contributed by atoms with Gasteiger partial charge >= 0.3 is 5.97 Å². The third kappa shape index (κ3) is 6.52. The number of nitrogens with one attached hydrogen (secondary N) is 2. The number of nitrogens with zero attached hydrogens (tertiary/aromatic N) is 1. The number of nitrogens with two attached hydrogens (primary N) is 2. The highest BCUT2D eigenvalue weighted by molar-refractivity contribution is 7.92. The first-order chi connectivity index (χ1) is 16.9. The predicted molar refractivity (Wildman–Crippen MR) is 138 cm³/mol. The van der Waals surface area contributed by atoms with Crippen LogP contribution in [0.4, 0.5) is 11.4 Å². The van der Waals surface area contributed by atoms with Crippen LogP contribution in [-0.4, -0.2) is 31.2 Å². The van der Waals surface area contributed by atoms with Crippen molar-refractivity contribution in [2.24, 2.45) is 11.6 Å². The molecule has 3 aromatic carbocycles. The molecule has 0 aliphatic carbocycles. The van der Waals surface area contributed by atoms with Gasteiger partial charge < -0.3 is 10.8 Å². The van der Waals surface area contributed by atoms with E-state index in [4.69, 9.17) is 40.2 Å². The number of anilines is 2. The van der Waals surface area contributed by atoms with Crippen molar-refractivity contribution in [3.8, 4) is 0 Å². The zero-order valence-corrected chi connectivity index (χ0v) is 20.8. The number of halogens is 2. The third-order valence-electron chi connectivity index (χ3n) is 5.09. The van der Waals surface area contributed by atoms with Gasteiger partial charge in [0.05, 0.1) is 17.0 Å². The standard InChI is InChI=1S/C23H21Cl2N5O5S/c24-15-7-14(8-16(25)10-15)20(12-21(31)32)13-3-1-4-17(9-13)29-36(34,35)19-6-2-5-18(11-19)30(28)22(26)23(27)33/h1-11,20,26,29H,12,28H2,(H2,27,33)(H,31,32). The number of carboxylic acid groups (broad SMARTS) is 1. The van der Waals surface area contributed by atoms with Crippen molar-refractivity contribution in [1.82, 2.24) is 0 Å². The highest BCUT2D eigenvalue weighted by atomic mass is 35.5. The predicted octanol–water partition coefficient (Wildman–Crippen LogP) is 3.54. The molecule has 0 aliphatic rings. The van der Waals surface area contributed by atoms with Crippen molar-refractivity contribution in [3.05, 3.63) is 87.9 Å². The number of hydrogen-bond donors (Lipinski definition) is 5. The van der Waals surface area contributed by atoms with E-state index in [0.717, 1.165) is 0 Å². The molecule has 36 heavy (non-hydrogen) atoms. The first-order valence-electron chi connectivity index (χ1n) is 10.2. The maximum atomic E-state index is 13.1. The number of carboxylic acids is 1. The van der Waals surface area contributed by atoms with E-state index >= 15 is 0 Å². The summed E-state index contributed by atoms with van der Waals surface area (Å²) in [5.41, 5.74) is 6.37. The summed E-state index contributed by atoms with van der Waals surface area (Å²) in [7, 11) is -4.14. The Bertz CT molecular complexity index is 1430. The van der Waals surface area contributed by atoms with Crippen LogP contribution in [0.25, 0.3) is 0 Å². The van der Waals surface area contributed by atoms with Gasteiger partial charge in [-0.15, -0.1) is 0 Å². The minimum Gasteiger partial charge on any atom is -0.481 e. The lowest BCUT2D eigenvalue weighted by atomic mass is 9.88. The molecule has 1 unspecified atom stereocenters. The summed E-state index contributed by atoms with van der Waals surface area (Å²) >= 11 is 12.2. The lowest BCUT2D eigenvalue weighted by Gasteiger charge is -2.19. The number of carbonyl (C=O) groups is 2. The lowest BCUT2D eigenvalue weighted by molar-refractivity contribution is -0.137. The van der Waals surface area contributed by atoms with Gasteiger partial charge in [-0.25, -0.2) is 14.3 Å². The van der Waals surface area contributed by atoms with Crippen molar-refractivity contribution in [1.29, 1.82) is 5.41 Å². The molecule has 188 valence electrons. The van der Waals surface area contributed by atoms with Gasteiger partial charge in [0.15, 0.2) is 0 Å². The Kier molecular flexibility index (Phi) is 8.21. The van der Waals surface area contributed by atoms with E-state index < -0.39 is 33.7 Å². The van der Waals surface area contributed by atoms with Gasteiger partial charge in [-0.2, -0.15) is 0 Å². The van der Waals surface area contributed by atoms with Crippen LogP contribution < -0.4 is 21.3 Å². The molecule has 10 nitrogen and oxygen atoms in total. The molecule has 3 rings (SSSR count). The van der Waals surface area contributed by atoms with E-state index in [0.29, 0.717) is 26.2 Å². The van der Waals surface area contributed by atoms with Crippen LogP contribution in [0.1, 0.15) is 23.5 Å². The Morgan fingerprint density at radius 1 is 1.00 bits per heavy atom. The fraction of sp³-hybridized carbons (Fsp3) is 0.0870. The van der Waals surface area contributed by atoms with Crippen molar-refractivity contribution in [2.75, 3.05) is 9.73 Å². The number of aliphatic carboxylic acids is 1. The summed E-state index contributed by atoms with van der Waals surface area (Å²) in [6.45, 7) is 0. The summed E-state index contributed by atoms with van der Waals surface area (Å²) < 4.78 is 28.6. The average Bonchev–Trinajstić information content (AvgIpc) is 2.80. The average molecular weight is 550 g/mol. The number of hydrazine groups is 1. The SMILES string of the molecule is N=C(C(N)=O)N(N)c1cccc(S(=O)(=O)Nc2cccc(C(CC(=O)O)c3cc(Cl)cc(Cl)c3)c2)c1. The molecule has 0 saturated carbocycles. The van der Waals surface area contributed by atoms with Crippen LogP contribution in [-0.2, 0) is 19.6 Å². The first-order valence-corrected chi connectivity index (χ1v) is 12.4. The fourth-order valence-electron chi connectivity index (χ4n) is 3.46. The highest BCUT2D eigenvalue weighted by Crippen LogP contribution is 2.33. The van der Waals surface area contributed by atoms with Crippen LogP contribution in [0.15, 0.2) is 71.6 Å². The van der Waals surface area contributed by atoms with Crippen molar-refractivity contribution in [2.45, 2.75) is 17.2 Å². The van der Waals surface area contributed by atoms with Crippen LogP contribution in [0.3, 0.4) is 0 Å². The lowest BCUT2D eigenvalue weighted by Crippen LogP contribution is -2.44. The maximum Gasteiger partial charge on any atom is 0.304 e. The second-order valence-electron chi connectivity index (χ2n) is 7.66. The Hall–Kier alpha value is -3.64. The number of amidine groups is 1. The van der Waals surface area contributed by atoms with Crippen molar-refractivity contribution in [3.63, 3.8) is 0 Å². The van der Waals surface area contributed by atoms with Crippen LogP contribution >= 0.6 is 23.2 Å². The van der Waals surface area contributed by atoms with Crippen molar-refractivity contribution >= 4 is 62.3 Å². The van der Waals surface area contributed by atoms with Crippen LogP contribution in [0.2, 0.25) is 10.0 Å². The zero-order chi connectivity index (χ0) is 26.6. The fourth-order valence-corrected chi connectivity index (χ4v) is 5.09. The van der Waals surface area contributed by atoms with Gasteiger partial charge in [0, 0.05) is 21.7 Å². The highest BCUT2D eigenvalue weighted by Gasteiger charge is 2.22. The number of rotatable bonds is 8. The monoisotopic (exact) mass is 549 g/mol. The second kappa shape index (κ2) is 11.0. The number of carbonyl (C=O) groups excluding carboxylic acids is 1. The van der Waals surface area contributed by atoms with Gasteiger partial charge in [0.1, 0.15) is 0 Å². The maximum absolute atomic E-state index is 13.1. The molecule has 0 aromatic heterocycles.